The molecule has 3 aromatic heterocycles. The Labute approximate surface area is 159 Å². The first-order valence-electron chi connectivity index (χ1n) is 9.50. The van der Waals surface area contributed by atoms with Gasteiger partial charge in [0.15, 0.2) is 0 Å². The predicted molar refractivity (Wildman–Crippen MR) is 103 cm³/mol. The minimum Gasteiger partial charge on any atom is -0.361 e. The van der Waals surface area contributed by atoms with Gasteiger partial charge < -0.3 is 4.52 Å². The third-order valence-electron chi connectivity index (χ3n) is 5.25. The fourth-order valence-electron chi connectivity index (χ4n) is 3.95. The molecule has 1 aliphatic rings. The van der Waals surface area contributed by atoms with Crippen LogP contribution >= 0.6 is 0 Å². The molecule has 3 aromatic rings. The van der Waals surface area contributed by atoms with Gasteiger partial charge >= 0.3 is 0 Å². The molecule has 0 N–H and O–H groups in total. The summed E-state index contributed by atoms with van der Waals surface area (Å²) in [6, 6.07) is 6.30. The molecule has 6 nitrogen and oxygen atoms in total. The van der Waals surface area contributed by atoms with E-state index in [1.807, 2.05) is 39.2 Å². The fourth-order valence-corrected chi connectivity index (χ4v) is 3.95. The van der Waals surface area contributed by atoms with Crippen molar-refractivity contribution in [3.05, 3.63) is 59.3 Å². The first-order chi connectivity index (χ1) is 13.1. The van der Waals surface area contributed by atoms with Gasteiger partial charge in [0.05, 0.1) is 11.4 Å². The summed E-state index contributed by atoms with van der Waals surface area (Å²) in [6.07, 6.45) is 6.15. The van der Waals surface area contributed by atoms with Crippen LogP contribution in [0.3, 0.4) is 0 Å². The minimum atomic E-state index is 0.459. The second-order valence-electron chi connectivity index (χ2n) is 7.34. The molecule has 4 heterocycles. The van der Waals surface area contributed by atoms with Gasteiger partial charge in [0.25, 0.3) is 0 Å². The molecular weight excluding hydrogens is 338 g/mol. The fraction of sp³-hybridized carbons (Fsp3) is 0.429. The number of piperidine rings is 1. The van der Waals surface area contributed by atoms with E-state index in [0.717, 1.165) is 59.4 Å². The molecule has 0 aromatic carbocycles. The molecule has 0 saturated carbocycles. The van der Waals surface area contributed by atoms with Gasteiger partial charge in [0, 0.05) is 48.2 Å². The summed E-state index contributed by atoms with van der Waals surface area (Å²) < 4.78 is 5.28. The van der Waals surface area contributed by atoms with Crippen LogP contribution in [-0.4, -0.2) is 38.1 Å². The maximum atomic E-state index is 5.28. The number of hydrogen-bond donors (Lipinski definition) is 0. The van der Waals surface area contributed by atoms with Crippen molar-refractivity contribution in [2.45, 2.75) is 46.1 Å². The smallest absolute Gasteiger partial charge is 0.141 e. The standard InChI is InChI=1S/C21H25N5O/c1-14-21(15(2)27-25-14)17-6-7-20(23-11-17)18-5-4-10-26(12-18)13-19-8-9-22-16(3)24-19/h6-9,11,18H,4-5,10,12-13H2,1-3H3/t18-/m0/s1. The zero-order chi connectivity index (χ0) is 18.8. The summed E-state index contributed by atoms with van der Waals surface area (Å²) in [5.74, 6) is 2.13. The lowest BCUT2D eigenvalue weighted by Gasteiger charge is -2.32. The van der Waals surface area contributed by atoms with E-state index in [-0.39, 0.29) is 0 Å². The highest BCUT2D eigenvalue weighted by Crippen LogP contribution is 2.30. The van der Waals surface area contributed by atoms with Gasteiger partial charge in [-0.25, -0.2) is 9.97 Å². The molecular formula is C21H25N5O. The van der Waals surface area contributed by atoms with Crippen LogP contribution in [0, 0.1) is 20.8 Å². The first-order valence-corrected chi connectivity index (χ1v) is 9.50. The lowest BCUT2D eigenvalue weighted by atomic mass is 9.93. The molecule has 1 saturated heterocycles. The van der Waals surface area contributed by atoms with E-state index in [9.17, 15) is 0 Å². The van der Waals surface area contributed by atoms with Crippen molar-refractivity contribution >= 4 is 0 Å². The summed E-state index contributed by atoms with van der Waals surface area (Å²) >= 11 is 0. The second-order valence-corrected chi connectivity index (χ2v) is 7.34. The molecule has 1 aliphatic heterocycles. The van der Waals surface area contributed by atoms with Gasteiger partial charge in [-0.1, -0.05) is 11.2 Å². The molecule has 6 heteroatoms. The molecule has 0 radical (unpaired) electrons. The van der Waals surface area contributed by atoms with Crippen LogP contribution in [0.5, 0.6) is 0 Å². The first kappa shape index (κ1) is 17.8. The molecule has 4 rings (SSSR count). The highest BCUT2D eigenvalue weighted by atomic mass is 16.5. The van der Waals surface area contributed by atoms with Gasteiger partial charge in [-0.2, -0.15) is 0 Å². The minimum absolute atomic E-state index is 0.459. The SMILES string of the molecule is Cc1nccc(CN2CCC[C@H](c3ccc(-c4c(C)noc4C)cn3)C2)n1. The van der Waals surface area contributed by atoms with Crippen LogP contribution in [0.25, 0.3) is 11.1 Å². The summed E-state index contributed by atoms with van der Waals surface area (Å²) in [7, 11) is 0. The van der Waals surface area contributed by atoms with Gasteiger partial charge in [0.1, 0.15) is 11.6 Å². The van der Waals surface area contributed by atoms with Crippen molar-refractivity contribution in [2.75, 3.05) is 13.1 Å². The van der Waals surface area contributed by atoms with Crippen LogP contribution < -0.4 is 0 Å². The Kier molecular flexibility index (Phi) is 4.99. The van der Waals surface area contributed by atoms with E-state index < -0.39 is 0 Å². The summed E-state index contributed by atoms with van der Waals surface area (Å²) in [4.78, 5) is 16.0. The average Bonchev–Trinajstić information content (AvgIpc) is 3.00. The number of pyridine rings is 1. The molecule has 1 atom stereocenters. The summed E-state index contributed by atoms with van der Waals surface area (Å²) in [5.41, 5.74) is 5.28. The molecule has 0 spiro atoms. The van der Waals surface area contributed by atoms with E-state index >= 15 is 0 Å². The topological polar surface area (TPSA) is 67.9 Å². The van der Waals surface area contributed by atoms with Crippen molar-refractivity contribution < 1.29 is 4.52 Å². The van der Waals surface area contributed by atoms with Crippen LogP contribution in [0.2, 0.25) is 0 Å². The molecule has 0 aliphatic carbocycles. The maximum absolute atomic E-state index is 5.28. The van der Waals surface area contributed by atoms with Crippen molar-refractivity contribution in [2.24, 2.45) is 0 Å². The van der Waals surface area contributed by atoms with Crippen molar-refractivity contribution in [3.8, 4) is 11.1 Å². The van der Waals surface area contributed by atoms with Gasteiger partial charge in [-0.05, 0) is 52.3 Å². The number of aromatic nitrogens is 4. The van der Waals surface area contributed by atoms with Crippen LogP contribution in [0.15, 0.2) is 35.1 Å². The second kappa shape index (κ2) is 7.56. The van der Waals surface area contributed by atoms with Crippen LogP contribution in [0.4, 0.5) is 0 Å². The normalized spacial score (nSPS) is 18.0. The van der Waals surface area contributed by atoms with Gasteiger partial charge in [-0.3, -0.25) is 9.88 Å². The van der Waals surface area contributed by atoms with Crippen molar-refractivity contribution in [3.63, 3.8) is 0 Å². The van der Waals surface area contributed by atoms with Gasteiger partial charge in [-0.15, -0.1) is 0 Å². The quantitative estimate of drug-likeness (QED) is 0.702. The predicted octanol–water partition coefficient (Wildman–Crippen LogP) is 3.83. The molecule has 140 valence electrons. The number of nitrogens with zero attached hydrogens (tertiary/aromatic N) is 5. The highest BCUT2D eigenvalue weighted by molar-refractivity contribution is 5.66. The lowest BCUT2D eigenvalue weighted by Crippen LogP contribution is -2.34. The number of hydrogen-bond acceptors (Lipinski definition) is 6. The molecule has 0 bridgehead atoms. The average molecular weight is 363 g/mol. The van der Waals surface area contributed by atoms with E-state index in [4.69, 9.17) is 9.51 Å². The summed E-state index contributed by atoms with van der Waals surface area (Å²) in [6.45, 7) is 8.84. The Bertz CT molecular complexity index is 899. The maximum Gasteiger partial charge on any atom is 0.141 e. The Morgan fingerprint density at radius 1 is 1.15 bits per heavy atom. The van der Waals surface area contributed by atoms with Crippen LogP contribution in [-0.2, 0) is 6.54 Å². The van der Waals surface area contributed by atoms with Gasteiger partial charge in [0.2, 0.25) is 0 Å². The summed E-state index contributed by atoms with van der Waals surface area (Å²) in [5, 5.41) is 4.04. The van der Waals surface area contributed by atoms with E-state index in [0.29, 0.717) is 5.92 Å². The third kappa shape index (κ3) is 3.90. The number of rotatable bonds is 4. The van der Waals surface area contributed by atoms with Crippen molar-refractivity contribution in [1.82, 2.24) is 25.0 Å². The zero-order valence-corrected chi connectivity index (χ0v) is 16.1. The Balaban J connectivity index is 1.47. The Morgan fingerprint density at radius 2 is 2.04 bits per heavy atom. The Morgan fingerprint density at radius 3 is 2.74 bits per heavy atom. The molecule has 1 fully saturated rings. The molecule has 27 heavy (non-hydrogen) atoms. The molecule has 0 amide bonds. The van der Waals surface area contributed by atoms with E-state index in [1.54, 1.807) is 0 Å². The van der Waals surface area contributed by atoms with E-state index in [1.165, 1.54) is 12.8 Å². The van der Waals surface area contributed by atoms with Crippen molar-refractivity contribution in [1.29, 1.82) is 0 Å². The lowest BCUT2D eigenvalue weighted by molar-refractivity contribution is 0.196. The number of aryl methyl sites for hydroxylation is 3. The van der Waals surface area contributed by atoms with Crippen LogP contribution in [0.1, 0.15) is 47.4 Å². The third-order valence-corrected chi connectivity index (χ3v) is 5.25. The monoisotopic (exact) mass is 363 g/mol. The zero-order valence-electron chi connectivity index (χ0n) is 16.1. The Hall–Kier alpha value is -2.60. The largest absolute Gasteiger partial charge is 0.361 e. The van der Waals surface area contributed by atoms with E-state index in [2.05, 4.69) is 32.2 Å². The number of likely N-dealkylation sites (tertiary alicyclic amines) is 1. The molecule has 0 unspecified atom stereocenters. The highest BCUT2D eigenvalue weighted by Gasteiger charge is 2.23.